The maximum Gasteiger partial charge on any atom is 0.306 e. The van der Waals surface area contributed by atoms with Crippen LogP contribution in [0.3, 0.4) is 0 Å². The number of esters is 1. The fraction of sp³-hybridized carbons (Fsp3) is 0.959. The van der Waals surface area contributed by atoms with Crippen LogP contribution in [-0.4, -0.2) is 46.9 Å². The van der Waals surface area contributed by atoms with Crippen LogP contribution < -0.4 is 5.32 Å². The molecule has 3 unspecified atom stereocenters. The van der Waals surface area contributed by atoms with Gasteiger partial charge in [0.2, 0.25) is 5.91 Å². The lowest BCUT2D eigenvalue weighted by Gasteiger charge is -2.24. The lowest BCUT2D eigenvalue weighted by Crippen LogP contribution is -2.46. The molecule has 0 aromatic heterocycles. The lowest BCUT2D eigenvalue weighted by atomic mass is 10.0. The van der Waals surface area contributed by atoms with Crippen molar-refractivity contribution in [2.45, 2.75) is 296 Å². The molecule has 0 rings (SSSR count). The Morgan fingerprint density at radius 1 is 0.455 bits per heavy atom. The third kappa shape index (κ3) is 39.5. The molecule has 0 radical (unpaired) electrons. The zero-order valence-electron chi connectivity index (χ0n) is 37.3. The van der Waals surface area contributed by atoms with E-state index >= 15 is 0 Å². The van der Waals surface area contributed by atoms with Crippen LogP contribution >= 0.6 is 0 Å². The number of amides is 1. The van der Waals surface area contributed by atoms with Gasteiger partial charge in [-0.05, 0) is 25.7 Å². The molecule has 0 aliphatic heterocycles. The number of ether oxygens (including phenoxy) is 1. The first-order chi connectivity index (χ1) is 27.0. The molecule has 0 heterocycles. The number of carbonyl (C=O) groups is 2. The van der Waals surface area contributed by atoms with Crippen LogP contribution in [0.15, 0.2) is 0 Å². The second kappa shape index (κ2) is 44.0. The van der Waals surface area contributed by atoms with Crippen LogP contribution in [0.5, 0.6) is 0 Å². The third-order valence-electron chi connectivity index (χ3n) is 11.7. The summed E-state index contributed by atoms with van der Waals surface area (Å²) in [5.41, 5.74) is 0. The molecule has 0 aliphatic rings. The normalized spacial score (nSPS) is 13.2. The van der Waals surface area contributed by atoms with Crippen molar-refractivity contribution in [3.05, 3.63) is 0 Å². The van der Waals surface area contributed by atoms with E-state index in [4.69, 9.17) is 4.74 Å². The maximum absolute atomic E-state index is 13.2. The van der Waals surface area contributed by atoms with Gasteiger partial charge in [-0.1, -0.05) is 239 Å². The Bertz CT molecular complexity index is 791. The highest BCUT2D eigenvalue weighted by Gasteiger charge is 2.24. The predicted molar refractivity (Wildman–Crippen MR) is 237 cm³/mol. The summed E-state index contributed by atoms with van der Waals surface area (Å²) in [6.07, 6.45) is 45.8. The van der Waals surface area contributed by atoms with E-state index < -0.39 is 18.2 Å². The maximum atomic E-state index is 13.2. The van der Waals surface area contributed by atoms with Crippen molar-refractivity contribution in [1.29, 1.82) is 0 Å². The fourth-order valence-corrected chi connectivity index (χ4v) is 7.90. The Hall–Kier alpha value is -1.14. The summed E-state index contributed by atoms with van der Waals surface area (Å²) in [6, 6.07) is -0.691. The Morgan fingerprint density at radius 3 is 1.11 bits per heavy atom. The largest absolute Gasteiger partial charge is 0.462 e. The van der Waals surface area contributed by atoms with Crippen LogP contribution in [0, 0.1) is 0 Å². The highest BCUT2D eigenvalue weighted by Crippen LogP contribution is 2.18. The van der Waals surface area contributed by atoms with Gasteiger partial charge >= 0.3 is 5.97 Å². The van der Waals surface area contributed by atoms with Gasteiger partial charge in [-0.2, -0.15) is 0 Å². The smallest absolute Gasteiger partial charge is 0.306 e. The minimum absolute atomic E-state index is 0.0873. The summed E-state index contributed by atoms with van der Waals surface area (Å²) in [5, 5.41) is 23.7. The number of hydrogen-bond acceptors (Lipinski definition) is 5. The fourth-order valence-electron chi connectivity index (χ4n) is 7.90. The Labute approximate surface area is 343 Å². The number of aliphatic hydroxyl groups excluding tert-OH is 2. The number of unbranched alkanes of at least 4 members (excludes halogenated alkanes) is 33. The number of hydrogen-bond donors (Lipinski definition) is 3. The van der Waals surface area contributed by atoms with E-state index in [2.05, 4.69) is 26.1 Å². The van der Waals surface area contributed by atoms with Gasteiger partial charge in [-0.3, -0.25) is 9.59 Å². The Morgan fingerprint density at radius 2 is 0.764 bits per heavy atom. The van der Waals surface area contributed by atoms with Crippen molar-refractivity contribution in [3.63, 3.8) is 0 Å². The highest BCUT2D eigenvalue weighted by atomic mass is 16.5. The van der Waals surface area contributed by atoms with Crippen molar-refractivity contribution in [2.24, 2.45) is 0 Å². The summed E-state index contributed by atoms with van der Waals surface area (Å²) in [4.78, 5) is 26.0. The van der Waals surface area contributed by atoms with Crippen molar-refractivity contribution < 1.29 is 24.5 Å². The van der Waals surface area contributed by atoms with Crippen LogP contribution in [0.1, 0.15) is 278 Å². The van der Waals surface area contributed by atoms with Crippen LogP contribution in [0.25, 0.3) is 0 Å². The molecule has 55 heavy (non-hydrogen) atoms. The zero-order chi connectivity index (χ0) is 40.3. The van der Waals surface area contributed by atoms with Crippen LogP contribution in [-0.2, 0) is 14.3 Å². The molecule has 0 saturated carbocycles. The predicted octanol–water partition coefficient (Wildman–Crippen LogP) is 14.4. The molecular weight excluding hydrogens is 683 g/mol. The summed E-state index contributed by atoms with van der Waals surface area (Å²) in [7, 11) is 0. The molecule has 0 aromatic rings. The molecule has 0 spiro atoms. The molecule has 0 aromatic carbocycles. The highest BCUT2D eigenvalue weighted by molar-refractivity contribution is 5.77. The summed E-state index contributed by atoms with van der Waals surface area (Å²) in [5.74, 6) is -0.455. The molecule has 328 valence electrons. The second-order valence-electron chi connectivity index (χ2n) is 17.2. The molecule has 0 saturated heterocycles. The van der Waals surface area contributed by atoms with Crippen molar-refractivity contribution in [2.75, 3.05) is 6.61 Å². The number of nitrogens with one attached hydrogen (secondary N) is 1. The standard InChI is InChI=1S/C49H97NO5/c1-4-7-10-13-16-19-22-24-27-29-32-35-38-41-47(52)46(44-51)50-48(53)43-45(40-37-34-31-28-26-23-20-17-14-11-8-5-2)55-49(54)42-39-36-33-30-25-21-18-15-12-9-6-3/h45-47,51-52H,4-44H2,1-3H3,(H,50,53). The molecule has 6 heteroatoms. The molecule has 0 bridgehead atoms. The first-order valence-electron chi connectivity index (χ1n) is 24.8. The van der Waals surface area contributed by atoms with Gasteiger partial charge in [-0.25, -0.2) is 0 Å². The molecule has 0 fully saturated rings. The SMILES string of the molecule is CCCCCCCCCCCCCCCC(O)C(CO)NC(=O)CC(CCCCCCCCCCCCCC)OC(=O)CCCCCCCCCCCCC. The average Bonchev–Trinajstić information content (AvgIpc) is 3.18. The first-order valence-corrected chi connectivity index (χ1v) is 24.8. The van der Waals surface area contributed by atoms with Crippen molar-refractivity contribution >= 4 is 11.9 Å². The van der Waals surface area contributed by atoms with Crippen LogP contribution in [0.4, 0.5) is 0 Å². The molecule has 6 nitrogen and oxygen atoms in total. The first kappa shape index (κ1) is 53.9. The van der Waals surface area contributed by atoms with Gasteiger partial charge < -0.3 is 20.3 Å². The second-order valence-corrected chi connectivity index (χ2v) is 17.2. The molecule has 0 aliphatic carbocycles. The summed E-state index contributed by atoms with van der Waals surface area (Å²) in [6.45, 7) is 6.49. The van der Waals surface area contributed by atoms with E-state index in [1.54, 1.807) is 0 Å². The van der Waals surface area contributed by atoms with E-state index in [0.717, 1.165) is 44.9 Å². The summed E-state index contributed by atoms with van der Waals surface area (Å²) >= 11 is 0. The summed E-state index contributed by atoms with van der Waals surface area (Å²) < 4.78 is 5.92. The van der Waals surface area contributed by atoms with Crippen LogP contribution in [0.2, 0.25) is 0 Å². The average molecular weight is 780 g/mol. The van der Waals surface area contributed by atoms with Gasteiger partial charge in [0.1, 0.15) is 6.10 Å². The number of carbonyl (C=O) groups excluding carboxylic acids is 2. The van der Waals surface area contributed by atoms with Gasteiger partial charge in [0.15, 0.2) is 0 Å². The molecular formula is C49H97NO5. The van der Waals surface area contributed by atoms with Gasteiger partial charge in [0, 0.05) is 6.42 Å². The van der Waals surface area contributed by atoms with E-state index in [9.17, 15) is 19.8 Å². The van der Waals surface area contributed by atoms with Gasteiger partial charge in [-0.15, -0.1) is 0 Å². The Kier molecular flexibility index (Phi) is 43.1. The van der Waals surface area contributed by atoms with Crippen molar-refractivity contribution in [1.82, 2.24) is 5.32 Å². The molecule has 1 amide bonds. The number of aliphatic hydroxyl groups is 2. The minimum atomic E-state index is -0.778. The number of rotatable bonds is 45. The third-order valence-corrected chi connectivity index (χ3v) is 11.7. The molecule has 3 atom stereocenters. The molecule has 3 N–H and O–H groups in total. The zero-order valence-corrected chi connectivity index (χ0v) is 37.3. The van der Waals surface area contributed by atoms with E-state index in [1.165, 1.54) is 186 Å². The van der Waals surface area contributed by atoms with E-state index in [0.29, 0.717) is 19.3 Å². The van der Waals surface area contributed by atoms with Gasteiger partial charge in [0.05, 0.1) is 25.2 Å². The van der Waals surface area contributed by atoms with E-state index in [-0.39, 0.29) is 24.9 Å². The Balaban J connectivity index is 4.51. The minimum Gasteiger partial charge on any atom is -0.462 e. The topological polar surface area (TPSA) is 95.9 Å². The van der Waals surface area contributed by atoms with E-state index in [1.807, 2.05) is 0 Å². The lowest BCUT2D eigenvalue weighted by molar-refractivity contribution is -0.151. The van der Waals surface area contributed by atoms with Gasteiger partial charge in [0.25, 0.3) is 0 Å². The quantitative estimate of drug-likeness (QED) is 0.0422. The monoisotopic (exact) mass is 780 g/mol. The van der Waals surface area contributed by atoms with Crippen molar-refractivity contribution in [3.8, 4) is 0 Å².